The number of ketones is 1. The first-order valence-corrected chi connectivity index (χ1v) is 8.51. The highest BCUT2D eigenvalue weighted by Gasteiger charge is 2.30. The van der Waals surface area contributed by atoms with Gasteiger partial charge in [0.25, 0.3) is 5.91 Å². The summed E-state index contributed by atoms with van der Waals surface area (Å²) in [5.74, 6) is -0.935. The Balaban J connectivity index is 2.35. The zero-order valence-electron chi connectivity index (χ0n) is 15.8. The summed E-state index contributed by atoms with van der Waals surface area (Å²) in [6.07, 6.45) is 0. The van der Waals surface area contributed by atoms with Gasteiger partial charge in [-0.2, -0.15) is 0 Å². The van der Waals surface area contributed by atoms with Crippen molar-refractivity contribution in [3.63, 3.8) is 0 Å². The second-order valence-electron chi connectivity index (χ2n) is 6.11. The summed E-state index contributed by atoms with van der Waals surface area (Å²) >= 11 is 0. The number of carbonyl (C=O) groups is 3. The maximum Gasteiger partial charge on any atom is 0.354 e. The van der Waals surface area contributed by atoms with Gasteiger partial charge in [-0.25, -0.2) is 4.79 Å². The Labute approximate surface area is 153 Å². The Morgan fingerprint density at radius 1 is 1.15 bits per heavy atom. The molecule has 0 saturated carbocycles. The maximum atomic E-state index is 13.1. The minimum absolute atomic E-state index is 0.201. The molecular formula is C20H24N2O4. The topological polar surface area (TPSA) is 79.5 Å². The largest absolute Gasteiger partial charge is 0.464 e. The van der Waals surface area contributed by atoms with Crippen molar-refractivity contribution in [3.8, 4) is 0 Å². The average Bonchev–Trinajstić information content (AvgIpc) is 2.95. The van der Waals surface area contributed by atoms with E-state index in [4.69, 9.17) is 4.74 Å². The van der Waals surface area contributed by atoms with E-state index in [1.165, 1.54) is 12.0 Å². The van der Waals surface area contributed by atoms with Crippen LogP contribution in [0.15, 0.2) is 30.3 Å². The van der Waals surface area contributed by atoms with Crippen LogP contribution in [0.2, 0.25) is 0 Å². The molecule has 0 bridgehead atoms. The Kier molecular flexibility index (Phi) is 5.97. The lowest BCUT2D eigenvalue weighted by atomic mass is 9.99. The van der Waals surface area contributed by atoms with Crippen LogP contribution >= 0.6 is 0 Å². The van der Waals surface area contributed by atoms with Crippen molar-refractivity contribution in [1.29, 1.82) is 0 Å². The first-order valence-electron chi connectivity index (χ1n) is 8.51. The molecule has 0 aliphatic carbocycles. The van der Waals surface area contributed by atoms with Crippen molar-refractivity contribution in [2.24, 2.45) is 0 Å². The van der Waals surface area contributed by atoms with E-state index < -0.39 is 12.0 Å². The van der Waals surface area contributed by atoms with E-state index in [2.05, 4.69) is 4.98 Å². The van der Waals surface area contributed by atoms with E-state index in [0.717, 1.165) is 0 Å². The molecule has 1 heterocycles. The van der Waals surface area contributed by atoms with Crippen LogP contribution in [0.1, 0.15) is 56.3 Å². The van der Waals surface area contributed by atoms with Crippen LogP contribution in [0.25, 0.3) is 0 Å². The summed E-state index contributed by atoms with van der Waals surface area (Å²) in [6.45, 7) is 7.37. The monoisotopic (exact) mass is 356 g/mol. The van der Waals surface area contributed by atoms with Crippen molar-refractivity contribution >= 4 is 17.7 Å². The number of H-pyrrole nitrogens is 1. The lowest BCUT2D eigenvalue weighted by molar-refractivity contribution is 0.0593. The summed E-state index contributed by atoms with van der Waals surface area (Å²) in [4.78, 5) is 42.1. The molecular weight excluding hydrogens is 332 g/mol. The van der Waals surface area contributed by atoms with Gasteiger partial charge in [-0.05, 0) is 45.4 Å². The fourth-order valence-corrected chi connectivity index (χ4v) is 3.12. The lowest BCUT2D eigenvalue weighted by Crippen LogP contribution is -2.43. The Morgan fingerprint density at radius 3 is 2.31 bits per heavy atom. The fourth-order valence-electron chi connectivity index (χ4n) is 3.12. The molecule has 6 nitrogen and oxygen atoms in total. The van der Waals surface area contributed by atoms with Gasteiger partial charge < -0.3 is 14.6 Å². The first-order chi connectivity index (χ1) is 12.3. The van der Waals surface area contributed by atoms with E-state index in [-0.39, 0.29) is 17.4 Å². The van der Waals surface area contributed by atoms with Crippen LogP contribution in [-0.4, -0.2) is 47.2 Å². The van der Waals surface area contributed by atoms with E-state index in [0.29, 0.717) is 28.9 Å². The van der Waals surface area contributed by atoms with E-state index in [9.17, 15) is 14.4 Å². The highest BCUT2D eigenvalue weighted by molar-refractivity contribution is 6.07. The molecule has 1 atom stereocenters. The Morgan fingerprint density at radius 2 is 1.77 bits per heavy atom. The quantitative estimate of drug-likeness (QED) is 0.637. The van der Waals surface area contributed by atoms with Crippen molar-refractivity contribution in [1.82, 2.24) is 9.88 Å². The number of aromatic amines is 1. The third-order valence-electron chi connectivity index (χ3n) is 4.54. The number of methoxy groups -OCH3 is 1. The van der Waals surface area contributed by atoms with Crippen LogP contribution in [0.5, 0.6) is 0 Å². The number of hydrogen-bond donors (Lipinski definition) is 1. The summed E-state index contributed by atoms with van der Waals surface area (Å²) in [5.41, 5.74) is 2.35. The zero-order valence-corrected chi connectivity index (χ0v) is 15.8. The third-order valence-corrected chi connectivity index (χ3v) is 4.54. The SMILES string of the molecule is CCN(C(=O)c1ccccc1)[C@@H](C)C(=O)c1c(C)[nH]c(C(=O)OC)c1C. The maximum absolute atomic E-state index is 13.1. The van der Waals surface area contributed by atoms with Gasteiger partial charge in [0.05, 0.1) is 13.2 Å². The first kappa shape index (κ1) is 19.4. The third kappa shape index (κ3) is 3.54. The van der Waals surface area contributed by atoms with Crippen molar-refractivity contribution in [2.45, 2.75) is 33.7 Å². The number of Topliss-reactive ketones (excluding diaryl/α,β-unsaturated/α-hetero) is 1. The number of esters is 1. The normalized spacial score (nSPS) is 11.7. The number of hydrogen-bond acceptors (Lipinski definition) is 4. The Hall–Kier alpha value is -2.89. The van der Waals surface area contributed by atoms with Crippen molar-refractivity contribution < 1.29 is 19.1 Å². The van der Waals surface area contributed by atoms with Crippen LogP contribution in [-0.2, 0) is 4.74 Å². The van der Waals surface area contributed by atoms with Crippen molar-refractivity contribution in [3.05, 3.63) is 58.4 Å². The molecule has 2 rings (SSSR count). The van der Waals surface area contributed by atoms with Gasteiger partial charge in [-0.3, -0.25) is 9.59 Å². The van der Waals surface area contributed by atoms with Crippen LogP contribution in [0.4, 0.5) is 0 Å². The van der Waals surface area contributed by atoms with Gasteiger partial charge in [0.2, 0.25) is 0 Å². The van der Waals surface area contributed by atoms with Gasteiger partial charge in [0.1, 0.15) is 5.69 Å². The van der Waals surface area contributed by atoms with Crippen LogP contribution in [0.3, 0.4) is 0 Å². The van der Waals surface area contributed by atoms with Gasteiger partial charge in [-0.15, -0.1) is 0 Å². The second kappa shape index (κ2) is 7.99. The number of amides is 1. The van der Waals surface area contributed by atoms with Crippen molar-refractivity contribution in [2.75, 3.05) is 13.7 Å². The lowest BCUT2D eigenvalue weighted by Gasteiger charge is -2.27. The summed E-state index contributed by atoms with van der Waals surface area (Å²) in [7, 11) is 1.29. The van der Waals surface area contributed by atoms with Gasteiger partial charge in [0.15, 0.2) is 5.78 Å². The highest BCUT2D eigenvalue weighted by Crippen LogP contribution is 2.22. The number of nitrogens with one attached hydrogen (secondary N) is 1. The molecule has 6 heteroatoms. The fraction of sp³-hybridized carbons (Fsp3) is 0.350. The molecule has 1 aromatic carbocycles. The molecule has 26 heavy (non-hydrogen) atoms. The predicted molar refractivity (Wildman–Crippen MR) is 98.6 cm³/mol. The molecule has 0 saturated heterocycles. The van der Waals surface area contributed by atoms with E-state index in [1.807, 2.05) is 13.0 Å². The molecule has 0 unspecified atom stereocenters. The highest BCUT2D eigenvalue weighted by atomic mass is 16.5. The second-order valence-corrected chi connectivity index (χ2v) is 6.11. The average molecular weight is 356 g/mol. The molecule has 0 spiro atoms. The number of likely N-dealkylation sites (N-methyl/N-ethyl adjacent to an activating group) is 1. The van der Waals surface area contributed by atoms with E-state index >= 15 is 0 Å². The van der Waals surface area contributed by atoms with Crippen LogP contribution < -0.4 is 0 Å². The number of ether oxygens (including phenoxy) is 1. The molecule has 0 fully saturated rings. The van der Waals surface area contributed by atoms with Gasteiger partial charge in [0, 0.05) is 23.4 Å². The number of aryl methyl sites for hydroxylation is 1. The molecule has 0 aliphatic heterocycles. The molecule has 2 aromatic rings. The number of rotatable bonds is 6. The number of nitrogens with zero attached hydrogens (tertiary/aromatic N) is 1. The Bertz CT molecular complexity index is 824. The molecule has 1 aromatic heterocycles. The van der Waals surface area contributed by atoms with E-state index in [1.54, 1.807) is 45.0 Å². The molecule has 1 amide bonds. The summed E-state index contributed by atoms with van der Waals surface area (Å²) < 4.78 is 4.74. The standard InChI is InChI=1S/C20H24N2O4/c1-6-22(19(24)15-10-8-7-9-11-15)14(4)18(23)16-12(2)17(20(25)26-5)21-13(16)3/h7-11,14,21H,6H2,1-5H3/t14-/m0/s1. The molecule has 1 N–H and O–H groups in total. The number of carbonyl (C=O) groups excluding carboxylic acids is 3. The number of aromatic nitrogens is 1. The minimum atomic E-state index is -0.661. The minimum Gasteiger partial charge on any atom is -0.464 e. The van der Waals surface area contributed by atoms with Crippen LogP contribution in [0, 0.1) is 13.8 Å². The number of benzene rings is 1. The molecule has 0 aliphatic rings. The summed E-state index contributed by atoms with van der Waals surface area (Å²) in [5, 5.41) is 0. The summed E-state index contributed by atoms with van der Waals surface area (Å²) in [6, 6.07) is 8.20. The predicted octanol–water partition coefficient (Wildman–Crippen LogP) is 3.15. The molecule has 0 radical (unpaired) electrons. The smallest absolute Gasteiger partial charge is 0.354 e. The van der Waals surface area contributed by atoms with Gasteiger partial charge >= 0.3 is 5.97 Å². The van der Waals surface area contributed by atoms with Gasteiger partial charge in [-0.1, -0.05) is 18.2 Å². The zero-order chi connectivity index (χ0) is 19.4. The molecule has 138 valence electrons.